The molecule has 0 spiro atoms. The number of esters is 1. The van der Waals surface area contributed by atoms with Crippen LogP contribution in [0, 0.1) is 20.8 Å². The molecule has 3 aromatic rings. The molecule has 0 saturated carbocycles. The zero-order valence-corrected chi connectivity index (χ0v) is 20.6. The fourth-order valence-electron chi connectivity index (χ4n) is 3.85. The van der Waals surface area contributed by atoms with Crippen LogP contribution in [0.4, 0.5) is 0 Å². The number of aromatic carboxylic acids is 1. The zero-order chi connectivity index (χ0) is 24.6. The molecule has 3 heterocycles. The summed E-state index contributed by atoms with van der Waals surface area (Å²) >= 11 is 1.62. The van der Waals surface area contributed by atoms with Gasteiger partial charge in [0.25, 0.3) is 0 Å². The highest BCUT2D eigenvalue weighted by Gasteiger charge is 2.32. The van der Waals surface area contributed by atoms with Crippen molar-refractivity contribution in [1.29, 1.82) is 0 Å². The molecule has 0 saturated heterocycles. The maximum absolute atomic E-state index is 12.7. The Morgan fingerprint density at radius 1 is 1.15 bits per heavy atom. The fraction of sp³-hybridized carbons (Fsp3) is 0.375. The first-order chi connectivity index (χ1) is 16.2. The Hall–Kier alpha value is -3.37. The van der Waals surface area contributed by atoms with E-state index in [4.69, 9.17) is 9.73 Å². The fourth-order valence-corrected chi connectivity index (χ4v) is 5.07. The molecule has 9 nitrogen and oxygen atoms in total. The Bertz CT molecular complexity index is 1270. The summed E-state index contributed by atoms with van der Waals surface area (Å²) in [5.41, 5.74) is 3.69. The maximum Gasteiger partial charge on any atom is 0.335 e. The molecule has 1 N–H and O–H groups in total. The summed E-state index contributed by atoms with van der Waals surface area (Å²) in [6.45, 7) is 6.90. The van der Waals surface area contributed by atoms with Crippen molar-refractivity contribution in [3.8, 4) is 5.00 Å². The van der Waals surface area contributed by atoms with E-state index in [2.05, 4.69) is 17.1 Å². The van der Waals surface area contributed by atoms with E-state index < -0.39 is 12.0 Å². The van der Waals surface area contributed by atoms with Crippen LogP contribution in [0.3, 0.4) is 0 Å². The van der Waals surface area contributed by atoms with Crippen molar-refractivity contribution in [2.24, 2.45) is 4.99 Å². The Balaban J connectivity index is 1.81. The number of carbonyl (C=O) groups is 2. The molecule has 0 unspecified atom stereocenters. The molecule has 0 bridgehead atoms. The van der Waals surface area contributed by atoms with Gasteiger partial charge in [0.2, 0.25) is 0 Å². The summed E-state index contributed by atoms with van der Waals surface area (Å²) in [6.07, 6.45) is 0.0231. The normalized spacial score (nSPS) is 14.9. The quantitative estimate of drug-likeness (QED) is 0.515. The third kappa shape index (κ3) is 4.51. The van der Waals surface area contributed by atoms with E-state index >= 15 is 0 Å². The number of rotatable bonds is 7. The van der Waals surface area contributed by atoms with Crippen LogP contribution in [0.1, 0.15) is 56.0 Å². The molecule has 1 atom stereocenters. The lowest BCUT2D eigenvalue weighted by Gasteiger charge is -2.14. The van der Waals surface area contributed by atoms with Gasteiger partial charge in [-0.1, -0.05) is 12.1 Å². The second-order valence-corrected chi connectivity index (χ2v) is 9.71. The lowest BCUT2D eigenvalue weighted by molar-refractivity contribution is -0.144. The molecule has 34 heavy (non-hydrogen) atoms. The molecule has 0 aliphatic carbocycles. The maximum atomic E-state index is 12.7. The molecule has 10 heteroatoms. The Morgan fingerprint density at radius 2 is 1.85 bits per heavy atom. The van der Waals surface area contributed by atoms with Gasteiger partial charge in [-0.15, -0.1) is 21.5 Å². The zero-order valence-electron chi connectivity index (χ0n) is 19.8. The number of nitrogens with zero attached hydrogens (tertiary/aromatic N) is 5. The second-order valence-electron chi connectivity index (χ2n) is 8.51. The minimum Gasteiger partial charge on any atom is -0.478 e. The van der Waals surface area contributed by atoms with E-state index in [1.807, 2.05) is 37.4 Å². The summed E-state index contributed by atoms with van der Waals surface area (Å²) in [4.78, 5) is 32.1. The Morgan fingerprint density at radius 3 is 2.50 bits per heavy atom. The number of carbonyl (C=O) groups excluding carboxylic acids is 1. The summed E-state index contributed by atoms with van der Waals surface area (Å²) in [5, 5.41) is 18.9. The number of likely N-dealkylation sites (N-methyl/N-ethyl adjacent to an activating group) is 1. The largest absolute Gasteiger partial charge is 0.478 e. The molecule has 178 valence electrons. The van der Waals surface area contributed by atoms with Crippen molar-refractivity contribution in [2.45, 2.75) is 33.2 Å². The monoisotopic (exact) mass is 481 g/mol. The number of carboxylic acids is 1. The number of aryl methyl sites for hydroxylation is 2. The number of thiophene rings is 1. The van der Waals surface area contributed by atoms with Crippen LogP contribution >= 0.6 is 11.3 Å². The van der Waals surface area contributed by atoms with E-state index in [1.54, 1.807) is 35.6 Å². The summed E-state index contributed by atoms with van der Waals surface area (Å²) in [5.74, 6) is -0.0535. The van der Waals surface area contributed by atoms with Crippen LogP contribution < -0.4 is 0 Å². The van der Waals surface area contributed by atoms with Crippen molar-refractivity contribution in [3.05, 3.63) is 63.0 Å². The lowest BCUT2D eigenvalue weighted by Crippen LogP contribution is -2.21. The number of ether oxygens (including phenoxy) is 1. The standard InChI is InChI=1S/C24H27N5O4S/c1-13-14(2)34-23-20(13)21(16-6-8-17(9-7-16)24(31)32)25-18(22-27-26-15(3)29(22)23)12-19(30)33-11-10-28(4)5/h6-9,18H,10-12H2,1-5H3,(H,31,32)/t18-/m0/s1. The molecule has 1 aromatic carbocycles. The molecular weight excluding hydrogens is 454 g/mol. The van der Waals surface area contributed by atoms with E-state index in [1.165, 1.54) is 0 Å². The number of benzene rings is 1. The number of hydrogen-bond acceptors (Lipinski definition) is 8. The predicted molar refractivity (Wildman–Crippen MR) is 129 cm³/mol. The minimum absolute atomic E-state index is 0.0231. The summed E-state index contributed by atoms with van der Waals surface area (Å²) < 4.78 is 7.40. The van der Waals surface area contributed by atoms with E-state index in [9.17, 15) is 14.7 Å². The van der Waals surface area contributed by atoms with Gasteiger partial charge in [-0.2, -0.15) is 0 Å². The van der Waals surface area contributed by atoms with Crippen LogP contribution in [0.15, 0.2) is 29.3 Å². The number of fused-ring (bicyclic) bond motifs is 3. The highest BCUT2D eigenvalue weighted by molar-refractivity contribution is 7.15. The van der Waals surface area contributed by atoms with Crippen LogP contribution in [-0.4, -0.2) is 69.7 Å². The first-order valence-corrected chi connectivity index (χ1v) is 11.7. The van der Waals surface area contributed by atoms with Crippen molar-refractivity contribution in [2.75, 3.05) is 27.2 Å². The average molecular weight is 482 g/mol. The van der Waals surface area contributed by atoms with E-state index in [0.717, 1.165) is 26.6 Å². The Kier molecular flexibility index (Phi) is 6.63. The number of aromatic nitrogens is 3. The highest BCUT2D eigenvalue weighted by atomic mass is 32.1. The predicted octanol–water partition coefficient (Wildman–Crippen LogP) is 3.34. The van der Waals surface area contributed by atoms with Gasteiger partial charge < -0.3 is 14.7 Å². The first kappa shape index (κ1) is 23.8. The first-order valence-electron chi connectivity index (χ1n) is 10.9. The van der Waals surface area contributed by atoms with Crippen molar-refractivity contribution in [3.63, 3.8) is 0 Å². The van der Waals surface area contributed by atoms with Gasteiger partial charge in [0.05, 0.1) is 17.7 Å². The van der Waals surface area contributed by atoms with Crippen molar-refractivity contribution >= 4 is 29.0 Å². The third-order valence-corrected chi connectivity index (χ3v) is 7.00. The number of aliphatic imine (C=N–C) groups is 1. The molecule has 0 radical (unpaired) electrons. The van der Waals surface area contributed by atoms with Crippen LogP contribution in [0.5, 0.6) is 0 Å². The third-order valence-electron chi connectivity index (χ3n) is 5.81. The molecule has 2 aromatic heterocycles. The molecule has 1 aliphatic heterocycles. The summed E-state index contributed by atoms with van der Waals surface area (Å²) in [7, 11) is 3.83. The average Bonchev–Trinajstić information content (AvgIpc) is 3.26. The van der Waals surface area contributed by atoms with Crippen molar-refractivity contribution in [1.82, 2.24) is 19.7 Å². The highest BCUT2D eigenvalue weighted by Crippen LogP contribution is 2.39. The number of carboxylic acid groups (broad SMARTS) is 1. The molecule has 1 aliphatic rings. The van der Waals surface area contributed by atoms with Gasteiger partial charge in [-0.05, 0) is 52.6 Å². The van der Waals surface area contributed by atoms with Gasteiger partial charge in [-0.3, -0.25) is 14.4 Å². The van der Waals surface area contributed by atoms with Gasteiger partial charge in [0, 0.05) is 22.5 Å². The van der Waals surface area contributed by atoms with Crippen molar-refractivity contribution < 1.29 is 19.4 Å². The molecule has 0 fully saturated rings. The van der Waals surface area contributed by atoms with Crippen LogP contribution in [0.2, 0.25) is 0 Å². The smallest absolute Gasteiger partial charge is 0.335 e. The van der Waals surface area contributed by atoms with Crippen LogP contribution in [-0.2, 0) is 9.53 Å². The SMILES string of the molecule is Cc1sc2c(c1C)C(c1ccc(C(=O)O)cc1)=N[C@@H](CC(=O)OCCN(C)C)c1nnc(C)n1-2. The van der Waals surface area contributed by atoms with Gasteiger partial charge in [-0.25, -0.2) is 4.79 Å². The Labute approximate surface area is 201 Å². The number of hydrogen-bond donors (Lipinski definition) is 1. The van der Waals surface area contributed by atoms with Gasteiger partial charge in [0.1, 0.15) is 23.5 Å². The van der Waals surface area contributed by atoms with Crippen LogP contribution in [0.25, 0.3) is 5.00 Å². The van der Waals surface area contributed by atoms with Gasteiger partial charge >= 0.3 is 11.9 Å². The molecular formula is C24H27N5O4S. The molecule has 4 rings (SSSR count). The van der Waals surface area contributed by atoms with Gasteiger partial charge in [0.15, 0.2) is 5.82 Å². The van der Waals surface area contributed by atoms with E-state index in [0.29, 0.717) is 30.5 Å². The summed E-state index contributed by atoms with van der Waals surface area (Å²) in [6, 6.07) is 6.04. The minimum atomic E-state index is -0.988. The lowest BCUT2D eigenvalue weighted by atomic mass is 9.98. The van der Waals surface area contributed by atoms with E-state index in [-0.39, 0.29) is 18.0 Å². The second kappa shape index (κ2) is 9.47. The molecule has 0 amide bonds. The topological polar surface area (TPSA) is 110 Å².